The number of ether oxygens (including phenoxy) is 1. The number of rotatable bonds is 4. The minimum Gasteiger partial charge on any atom is -0.496 e. The number of nitrogens with zero attached hydrogens (tertiary/aromatic N) is 3. The molecule has 7 nitrogen and oxygen atoms in total. The van der Waals surface area contributed by atoms with Crippen LogP contribution in [0.3, 0.4) is 0 Å². The van der Waals surface area contributed by atoms with Crippen molar-refractivity contribution < 1.29 is 9.53 Å². The lowest BCUT2D eigenvalue weighted by molar-refractivity contribution is 0.101. The molecule has 0 aliphatic carbocycles. The average Bonchev–Trinajstić information content (AvgIpc) is 3.13. The lowest BCUT2D eigenvalue weighted by atomic mass is 10.1. The first-order chi connectivity index (χ1) is 11.5. The number of carbonyl (C=O) groups excluding carboxylic acids is 1. The molecule has 0 fully saturated rings. The molecule has 2 heterocycles. The van der Waals surface area contributed by atoms with Crippen LogP contribution < -0.4 is 10.1 Å². The fraction of sp³-hybridized carbons (Fsp3) is 0.188. The van der Waals surface area contributed by atoms with Crippen molar-refractivity contribution in [3.8, 4) is 17.0 Å². The van der Waals surface area contributed by atoms with E-state index < -0.39 is 0 Å². The number of carbonyl (C=O) groups is 1. The smallest absolute Gasteiger partial charge is 0.275 e. The van der Waals surface area contributed by atoms with Crippen LogP contribution in [0.15, 0.2) is 30.3 Å². The summed E-state index contributed by atoms with van der Waals surface area (Å²) in [5, 5.41) is 14.5. The van der Waals surface area contributed by atoms with Crippen LogP contribution in [0, 0.1) is 6.92 Å². The number of H-pyrrole nitrogens is 1. The number of methoxy groups -OCH3 is 1. The number of aromatic amines is 1. The molecule has 0 aliphatic heterocycles. The van der Waals surface area contributed by atoms with Crippen molar-refractivity contribution in [2.45, 2.75) is 6.92 Å². The van der Waals surface area contributed by atoms with E-state index in [1.807, 2.05) is 6.92 Å². The van der Waals surface area contributed by atoms with Crippen LogP contribution in [0.4, 0.5) is 5.82 Å². The third kappa shape index (κ3) is 3.11. The number of aryl methyl sites for hydroxylation is 2. The number of anilines is 1. The molecule has 0 radical (unpaired) electrons. The van der Waals surface area contributed by atoms with Crippen LogP contribution in [0.2, 0.25) is 5.02 Å². The Kier molecular flexibility index (Phi) is 4.26. The number of benzene rings is 1. The maximum absolute atomic E-state index is 12.3. The lowest BCUT2D eigenvalue weighted by Crippen LogP contribution is -2.16. The van der Waals surface area contributed by atoms with Gasteiger partial charge in [-0.05, 0) is 31.2 Å². The Balaban J connectivity index is 1.85. The van der Waals surface area contributed by atoms with Crippen LogP contribution in [0.25, 0.3) is 11.3 Å². The van der Waals surface area contributed by atoms with Gasteiger partial charge in [0.1, 0.15) is 11.4 Å². The van der Waals surface area contributed by atoms with Crippen molar-refractivity contribution in [1.82, 2.24) is 20.0 Å². The van der Waals surface area contributed by atoms with Crippen molar-refractivity contribution in [1.29, 1.82) is 0 Å². The third-order valence-electron chi connectivity index (χ3n) is 3.51. The number of hydrogen-bond donors (Lipinski definition) is 2. The van der Waals surface area contributed by atoms with Gasteiger partial charge in [0.05, 0.1) is 18.5 Å². The number of hydrogen-bond acceptors (Lipinski definition) is 4. The van der Waals surface area contributed by atoms with E-state index in [2.05, 4.69) is 20.6 Å². The molecule has 3 aromatic rings. The van der Waals surface area contributed by atoms with Gasteiger partial charge in [-0.25, -0.2) is 0 Å². The number of aromatic nitrogens is 4. The summed E-state index contributed by atoms with van der Waals surface area (Å²) in [6.45, 7) is 1.83. The van der Waals surface area contributed by atoms with Crippen molar-refractivity contribution in [3.63, 3.8) is 0 Å². The Morgan fingerprint density at radius 1 is 1.33 bits per heavy atom. The molecule has 2 aromatic heterocycles. The summed E-state index contributed by atoms with van der Waals surface area (Å²) in [4.78, 5) is 12.3. The Hall–Kier alpha value is -2.80. The molecule has 0 unspecified atom stereocenters. The van der Waals surface area contributed by atoms with Crippen molar-refractivity contribution >= 4 is 23.3 Å². The predicted octanol–water partition coefficient (Wildman–Crippen LogP) is 3.03. The van der Waals surface area contributed by atoms with E-state index in [9.17, 15) is 4.79 Å². The Morgan fingerprint density at radius 3 is 2.79 bits per heavy atom. The van der Waals surface area contributed by atoms with Gasteiger partial charge in [-0.15, -0.1) is 0 Å². The zero-order valence-electron chi connectivity index (χ0n) is 13.4. The summed E-state index contributed by atoms with van der Waals surface area (Å²) in [6, 6.07) is 8.71. The molecule has 124 valence electrons. The van der Waals surface area contributed by atoms with E-state index >= 15 is 0 Å². The molecule has 0 spiro atoms. The van der Waals surface area contributed by atoms with Crippen LogP contribution in [0.5, 0.6) is 5.75 Å². The molecule has 0 bridgehead atoms. The summed E-state index contributed by atoms with van der Waals surface area (Å²) in [5.41, 5.74) is 2.67. The minimum atomic E-state index is -0.283. The topological polar surface area (TPSA) is 84.8 Å². The quantitative estimate of drug-likeness (QED) is 0.761. The number of nitrogens with one attached hydrogen (secondary N) is 2. The van der Waals surface area contributed by atoms with Gasteiger partial charge in [0.25, 0.3) is 5.91 Å². The van der Waals surface area contributed by atoms with E-state index in [0.717, 1.165) is 11.3 Å². The maximum atomic E-state index is 12.3. The molecular weight excluding hydrogens is 330 g/mol. The molecule has 3 rings (SSSR count). The van der Waals surface area contributed by atoms with Gasteiger partial charge < -0.3 is 10.1 Å². The fourth-order valence-corrected chi connectivity index (χ4v) is 2.59. The highest BCUT2D eigenvalue weighted by molar-refractivity contribution is 6.31. The van der Waals surface area contributed by atoms with E-state index in [0.29, 0.717) is 28.0 Å². The SMILES string of the molecule is COc1ccc(Cl)cc1-c1cc(NC(=O)c2cc(C)nn2C)n[nH]1. The van der Waals surface area contributed by atoms with Gasteiger partial charge in [-0.1, -0.05) is 11.6 Å². The number of halogens is 1. The van der Waals surface area contributed by atoms with Gasteiger partial charge in [0.2, 0.25) is 0 Å². The highest BCUT2D eigenvalue weighted by atomic mass is 35.5. The molecule has 1 amide bonds. The molecule has 0 saturated heterocycles. The normalized spacial score (nSPS) is 10.7. The van der Waals surface area contributed by atoms with Gasteiger partial charge in [0.15, 0.2) is 5.82 Å². The van der Waals surface area contributed by atoms with Crippen LogP contribution in [-0.4, -0.2) is 33.0 Å². The zero-order valence-corrected chi connectivity index (χ0v) is 14.2. The lowest BCUT2D eigenvalue weighted by Gasteiger charge is -2.06. The summed E-state index contributed by atoms with van der Waals surface area (Å²) in [5.74, 6) is 0.772. The monoisotopic (exact) mass is 345 g/mol. The molecule has 8 heteroatoms. The average molecular weight is 346 g/mol. The van der Waals surface area contributed by atoms with Gasteiger partial charge in [-0.2, -0.15) is 10.2 Å². The molecule has 24 heavy (non-hydrogen) atoms. The van der Waals surface area contributed by atoms with Gasteiger partial charge in [0, 0.05) is 23.7 Å². The van der Waals surface area contributed by atoms with Crippen LogP contribution >= 0.6 is 11.6 Å². The van der Waals surface area contributed by atoms with E-state index in [4.69, 9.17) is 16.3 Å². The second-order valence-electron chi connectivity index (χ2n) is 5.26. The highest BCUT2D eigenvalue weighted by Gasteiger charge is 2.15. The second-order valence-corrected chi connectivity index (χ2v) is 5.70. The van der Waals surface area contributed by atoms with Gasteiger partial charge >= 0.3 is 0 Å². The number of amides is 1. The summed E-state index contributed by atoms with van der Waals surface area (Å²) in [7, 11) is 3.30. The standard InChI is InChI=1S/C16H16ClN5O2/c1-9-6-13(22(2)21-9)16(23)18-15-8-12(19-20-15)11-7-10(17)4-5-14(11)24-3/h4-8H,1-3H3,(H2,18,19,20,23). The largest absolute Gasteiger partial charge is 0.496 e. The highest BCUT2D eigenvalue weighted by Crippen LogP contribution is 2.32. The molecule has 1 aromatic carbocycles. The first kappa shape index (κ1) is 16.1. The van der Waals surface area contributed by atoms with E-state index in [1.165, 1.54) is 4.68 Å². The molecular formula is C16H16ClN5O2. The van der Waals surface area contributed by atoms with Crippen molar-refractivity contribution in [2.75, 3.05) is 12.4 Å². The summed E-state index contributed by atoms with van der Waals surface area (Å²) in [6.07, 6.45) is 0. The van der Waals surface area contributed by atoms with Crippen molar-refractivity contribution in [2.24, 2.45) is 7.05 Å². The molecule has 2 N–H and O–H groups in total. The van der Waals surface area contributed by atoms with Crippen molar-refractivity contribution in [3.05, 3.63) is 46.7 Å². The van der Waals surface area contributed by atoms with Gasteiger partial charge in [-0.3, -0.25) is 14.6 Å². The predicted molar refractivity (Wildman–Crippen MR) is 91.5 cm³/mol. The first-order valence-corrected chi connectivity index (χ1v) is 7.57. The maximum Gasteiger partial charge on any atom is 0.275 e. The zero-order chi connectivity index (χ0) is 17.3. The fourth-order valence-electron chi connectivity index (χ4n) is 2.42. The molecule has 0 atom stereocenters. The van der Waals surface area contributed by atoms with Crippen LogP contribution in [0.1, 0.15) is 16.2 Å². The van der Waals surface area contributed by atoms with E-state index in [-0.39, 0.29) is 5.91 Å². The van der Waals surface area contributed by atoms with Crippen LogP contribution in [-0.2, 0) is 7.05 Å². The van der Waals surface area contributed by atoms with E-state index in [1.54, 1.807) is 44.5 Å². The summed E-state index contributed by atoms with van der Waals surface area (Å²) >= 11 is 6.05. The summed E-state index contributed by atoms with van der Waals surface area (Å²) < 4.78 is 6.85. The second kappa shape index (κ2) is 6.37. The Labute approximate surface area is 143 Å². The molecule has 0 saturated carbocycles. The first-order valence-electron chi connectivity index (χ1n) is 7.19. The Morgan fingerprint density at radius 2 is 2.12 bits per heavy atom. The third-order valence-corrected chi connectivity index (χ3v) is 3.74. The minimum absolute atomic E-state index is 0.283. The molecule has 0 aliphatic rings. The Bertz CT molecular complexity index is 900.